The fourth-order valence-electron chi connectivity index (χ4n) is 2.61. The van der Waals surface area contributed by atoms with Gasteiger partial charge in [0.25, 0.3) is 0 Å². The standard InChI is InChI=1S/C16H18BrN3/c1-11-9-15(12-4-6-14(17)7-5-12)20-16(19-11)13-3-2-8-18-10-13/h4-7,9,13,18H,2-3,8,10H2,1H3. The Morgan fingerprint density at radius 2 is 2.00 bits per heavy atom. The minimum atomic E-state index is 0.442. The number of aromatic nitrogens is 2. The minimum absolute atomic E-state index is 0.442. The molecule has 1 fully saturated rings. The van der Waals surface area contributed by atoms with Crippen molar-refractivity contribution < 1.29 is 0 Å². The van der Waals surface area contributed by atoms with Crippen LogP contribution in [0.1, 0.15) is 30.3 Å². The zero-order valence-electron chi connectivity index (χ0n) is 11.6. The molecule has 1 unspecified atom stereocenters. The summed E-state index contributed by atoms with van der Waals surface area (Å²) in [5, 5.41) is 3.43. The first-order chi connectivity index (χ1) is 9.72. The van der Waals surface area contributed by atoms with Crippen LogP contribution in [0.2, 0.25) is 0 Å². The van der Waals surface area contributed by atoms with Crippen molar-refractivity contribution in [2.24, 2.45) is 0 Å². The van der Waals surface area contributed by atoms with Gasteiger partial charge in [0, 0.05) is 28.2 Å². The molecule has 0 spiro atoms. The molecule has 1 saturated heterocycles. The van der Waals surface area contributed by atoms with Gasteiger partial charge >= 0.3 is 0 Å². The van der Waals surface area contributed by atoms with Crippen molar-refractivity contribution in [1.82, 2.24) is 15.3 Å². The Kier molecular flexibility index (Phi) is 4.13. The molecule has 0 radical (unpaired) electrons. The molecule has 3 rings (SSSR count). The number of aryl methyl sites for hydroxylation is 1. The second-order valence-corrected chi connectivity index (χ2v) is 6.22. The van der Waals surface area contributed by atoms with Crippen LogP contribution in [0, 0.1) is 6.92 Å². The normalized spacial score (nSPS) is 19.0. The Balaban J connectivity index is 1.95. The van der Waals surface area contributed by atoms with Gasteiger partial charge in [-0.25, -0.2) is 9.97 Å². The van der Waals surface area contributed by atoms with Crippen molar-refractivity contribution >= 4 is 15.9 Å². The van der Waals surface area contributed by atoms with Crippen LogP contribution in [0.5, 0.6) is 0 Å². The molecule has 2 aromatic rings. The topological polar surface area (TPSA) is 37.8 Å². The van der Waals surface area contributed by atoms with Crippen molar-refractivity contribution in [3.63, 3.8) is 0 Å². The molecule has 1 aromatic carbocycles. The fourth-order valence-corrected chi connectivity index (χ4v) is 2.88. The van der Waals surface area contributed by atoms with E-state index in [-0.39, 0.29) is 0 Å². The average Bonchev–Trinajstić information content (AvgIpc) is 2.48. The van der Waals surface area contributed by atoms with Gasteiger partial charge in [0.2, 0.25) is 0 Å². The first kappa shape index (κ1) is 13.7. The Bertz CT molecular complexity index is 589. The molecule has 0 aliphatic carbocycles. The lowest BCUT2D eigenvalue weighted by Gasteiger charge is -2.22. The average molecular weight is 332 g/mol. The number of nitrogens with zero attached hydrogens (tertiary/aromatic N) is 2. The van der Waals surface area contributed by atoms with Gasteiger partial charge in [0.05, 0.1) is 5.69 Å². The highest BCUT2D eigenvalue weighted by molar-refractivity contribution is 9.10. The lowest BCUT2D eigenvalue weighted by atomic mass is 9.98. The summed E-state index contributed by atoms with van der Waals surface area (Å²) < 4.78 is 1.09. The molecule has 0 saturated carbocycles. The summed E-state index contributed by atoms with van der Waals surface area (Å²) in [5.41, 5.74) is 3.20. The van der Waals surface area contributed by atoms with E-state index in [1.807, 2.05) is 6.92 Å². The lowest BCUT2D eigenvalue weighted by molar-refractivity contribution is 0.446. The summed E-state index contributed by atoms with van der Waals surface area (Å²) in [7, 11) is 0. The van der Waals surface area contributed by atoms with Gasteiger partial charge in [-0.1, -0.05) is 28.1 Å². The zero-order chi connectivity index (χ0) is 13.9. The lowest BCUT2D eigenvalue weighted by Crippen LogP contribution is -2.29. The van der Waals surface area contributed by atoms with E-state index in [1.165, 1.54) is 12.8 Å². The highest BCUT2D eigenvalue weighted by atomic mass is 79.9. The van der Waals surface area contributed by atoms with Gasteiger partial charge in [-0.3, -0.25) is 0 Å². The van der Waals surface area contributed by atoms with E-state index in [0.717, 1.165) is 40.3 Å². The Hall–Kier alpha value is -1.26. The zero-order valence-corrected chi connectivity index (χ0v) is 13.2. The number of benzene rings is 1. The first-order valence-corrected chi connectivity index (χ1v) is 7.84. The number of hydrogen-bond acceptors (Lipinski definition) is 3. The Morgan fingerprint density at radius 3 is 2.70 bits per heavy atom. The fraction of sp³-hybridized carbons (Fsp3) is 0.375. The maximum atomic E-state index is 4.79. The van der Waals surface area contributed by atoms with Gasteiger partial charge < -0.3 is 5.32 Å². The summed E-state index contributed by atoms with van der Waals surface area (Å²) >= 11 is 3.47. The van der Waals surface area contributed by atoms with E-state index in [2.05, 4.69) is 56.6 Å². The third-order valence-electron chi connectivity index (χ3n) is 3.67. The van der Waals surface area contributed by atoms with Gasteiger partial charge in [-0.15, -0.1) is 0 Å². The molecule has 104 valence electrons. The number of nitrogens with one attached hydrogen (secondary N) is 1. The monoisotopic (exact) mass is 331 g/mol. The van der Waals surface area contributed by atoms with Crippen molar-refractivity contribution in [2.45, 2.75) is 25.7 Å². The summed E-state index contributed by atoms with van der Waals surface area (Å²) in [4.78, 5) is 9.43. The molecule has 1 aromatic heterocycles. The van der Waals surface area contributed by atoms with Gasteiger partial charge in [0.15, 0.2) is 0 Å². The van der Waals surface area contributed by atoms with E-state index in [0.29, 0.717) is 5.92 Å². The van der Waals surface area contributed by atoms with Crippen LogP contribution in [0.25, 0.3) is 11.3 Å². The van der Waals surface area contributed by atoms with E-state index in [4.69, 9.17) is 4.98 Å². The molecule has 3 nitrogen and oxygen atoms in total. The first-order valence-electron chi connectivity index (χ1n) is 7.04. The number of halogens is 1. The highest BCUT2D eigenvalue weighted by Crippen LogP contribution is 2.25. The second-order valence-electron chi connectivity index (χ2n) is 5.30. The SMILES string of the molecule is Cc1cc(-c2ccc(Br)cc2)nc(C2CCCNC2)n1. The predicted octanol–water partition coefficient (Wildman–Crippen LogP) is 3.68. The molecule has 20 heavy (non-hydrogen) atoms. The van der Waals surface area contributed by atoms with Gasteiger partial charge in [-0.05, 0) is 44.5 Å². The predicted molar refractivity (Wildman–Crippen MR) is 84.7 cm³/mol. The summed E-state index contributed by atoms with van der Waals surface area (Å²) in [6.07, 6.45) is 2.38. The molecule has 1 aliphatic rings. The quantitative estimate of drug-likeness (QED) is 0.912. The van der Waals surface area contributed by atoms with Crippen LogP contribution in [-0.2, 0) is 0 Å². The molecule has 0 bridgehead atoms. The van der Waals surface area contributed by atoms with Crippen LogP contribution in [0.3, 0.4) is 0 Å². The van der Waals surface area contributed by atoms with Gasteiger partial charge in [-0.2, -0.15) is 0 Å². The third-order valence-corrected chi connectivity index (χ3v) is 4.20. The molecular formula is C16H18BrN3. The van der Waals surface area contributed by atoms with Crippen LogP contribution in [0.4, 0.5) is 0 Å². The summed E-state index contributed by atoms with van der Waals surface area (Å²) in [5.74, 6) is 1.42. The molecule has 2 heterocycles. The minimum Gasteiger partial charge on any atom is -0.316 e. The molecule has 1 N–H and O–H groups in total. The van der Waals surface area contributed by atoms with Crippen molar-refractivity contribution in [1.29, 1.82) is 0 Å². The molecule has 0 amide bonds. The van der Waals surface area contributed by atoms with Crippen molar-refractivity contribution in [3.05, 3.63) is 46.3 Å². The third kappa shape index (κ3) is 3.07. The molecule has 1 aliphatic heterocycles. The number of piperidine rings is 1. The van der Waals surface area contributed by atoms with Crippen molar-refractivity contribution in [3.8, 4) is 11.3 Å². The molecule has 1 atom stereocenters. The van der Waals surface area contributed by atoms with E-state index in [9.17, 15) is 0 Å². The van der Waals surface area contributed by atoms with Crippen LogP contribution in [0.15, 0.2) is 34.8 Å². The number of hydrogen-bond donors (Lipinski definition) is 1. The number of rotatable bonds is 2. The van der Waals surface area contributed by atoms with E-state index in [1.54, 1.807) is 0 Å². The smallest absolute Gasteiger partial charge is 0.133 e. The van der Waals surface area contributed by atoms with Crippen molar-refractivity contribution in [2.75, 3.05) is 13.1 Å². The van der Waals surface area contributed by atoms with Crippen LogP contribution in [-0.4, -0.2) is 23.1 Å². The maximum Gasteiger partial charge on any atom is 0.133 e. The van der Waals surface area contributed by atoms with E-state index < -0.39 is 0 Å². The van der Waals surface area contributed by atoms with Crippen LogP contribution >= 0.6 is 15.9 Å². The summed E-state index contributed by atoms with van der Waals surface area (Å²) in [6, 6.07) is 10.3. The summed E-state index contributed by atoms with van der Waals surface area (Å²) in [6.45, 7) is 4.15. The molecular weight excluding hydrogens is 314 g/mol. The molecule has 4 heteroatoms. The van der Waals surface area contributed by atoms with Crippen LogP contribution < -0.4 is 5.32 Å². The van der Waals surface area contributed by atoms with Gasteiger partial charge in [0.1, 0.15) is 5.82 Å². The second kappa shape index (κ2) is 6.02. The van der Waals surface area contributed by atoms with E-state index >= 15 is 0 Å². The maximum absolute atomic E-state index is 4.79. The highest BCUT2D eigenvalue weighted by Gasteiger charge is 2.18. The Labute approximate surface area is 128 Å². The Morgan fingerprint density at radius 1 is 1.20 bits per heavy atom. The largest absolute Gasteiger partial charge is 0.316 e.